The highest BCUT2D eigenvalue weighted by molar-refractivity contribution is 6.34. The molecule has 26 heavy (non-hydrogen) atoms. The van der Waals surface area contributed by atoms with Crippen molar-refractivity contribution in [1.82, 2.24) is 4.90 Å². The SMILES string of the molecule is O=C(Nc1ccccc1C(=O)N1CCCC1)c1cc([N+](=O)[O-])ccc1Cl. The zero-order chi connectivity index (χ0) is 18.7. The van der Waals surface area contributed by atoms with Crippen LogP contribution in [0.15, 0.2) is 42.5 Å². The Morgan fingerprint density at radius 2 is 1.77 bits per heavy atom. The van der Waals surface area contributed by atoms with Gasteiger partial charge in [0.05, 0.1) is 26.8 Å². The summed E-state index contributed by atoms with van der Waals surface area (Å²) in [6.07, 6.45) is 1.92. The molecule has 0 aromatic heterocycles. The number of para-hydroxylation sites is 1. The Kier molecular flexibility index (Phi) is 5.18. The molecule has 1 aliphatic heterocycles. The van der Waals surface area contributed by atoms with Crippen LogP contribution in [0.2, 0.25) is 5.02 Å². The summed E-state index contributed by atoms with van der Waals surface area (Å²) < 4.78 is 0. The minimum Gasteiger partial charge on any atom is -0.339 e. The highest BCUT2D eigenvalue weighted by Gasteiger charge is 2.23. The number of benzene rings is 2. The first kappa shape index (κ1) is 17.9. The number of nitrogens with one attached hydrogen (secondary N) is 1. The summed E-state index contributed by atoms with van der Waals surface area (Å²) in [5.41, 5.74) is 0.464. The van der Waals surface area contributed by atoms with Gasteiger partial charge < -0.3 is 10.2 Å². The number of hydrogen-bond donors (Lipinski definition) is 1. The monoisotopic (exact) mass is 373 g/mol. The molecular weight excluding hydrogens is 358 g/mol. The first-order valence-electron chi connectivity index (χ1n) is 8.11. The Morgan fingerprint density at radius 3 is 2.46 bits per heavy atom. The number of likely N-dealkylation sites (tertiary alicyclic amines) is 1. The van der Waals surface area contributed by atoms with E-state index in [0.29, 0.717) is 24.3 Å². The van der Waals surface area contributed by atoms with Gasteiger partial charge in [-0.15, -0.1) is 0 Å². The Labute approximate surface area is 154 Å². The maximum Gasteiger partial charge on any atom is 0.270 e. The summed E-state index contributed by atoms with van der Waals surface area (Å²) in [5.74, 6) is -0.760. The van der Waals surface area contributed by atoms with Gasteiger partial charge >= 0.3 is 0 Å². The molecule has 1 saturated heterocycles. The predicted octanol–water partition coefficient (Wildman–Crippen LogP) is 3.74. The molecule has 8 heteroatoms. The van der Waals surface area contributed by atoms with Gasteiger partial charge in [0.25, 0.3) is 17.5 Å². The molecule has 1 fully saturated rings. The number of nitro benzene ring substituents is 1. The van der Waals surface area contributed by atoms with E-state index in [0.717, 1.165) is 18.9 Å². The van der Waals surface area contributed by atoms with Crippen molar-refractivity contribution in [3.8, 4) is 0 Å². The summed E-state index contributed by atoms with van der Waals surface area (Å²) in [7, 11) is 0. The molecule has 134 valence electrons. The number of non-ortho nitro benzene ring substituents is 1. The van der Waals surface area contributed by atoms with Crippen molar-refractivity contribution in [3.63, 3.8) is 0 Å². The molecule has 0 radical (unpaired) electrons. The lowest BCUT2D eigenvalue weighted by molar-refractivity contribution is -0.384. The lowest BCUT2D eigenvalue weighted by Gasteiger charge is -2.18. The van der Waals surface area contributed by atoms with Crippen molar-refractivity contribution >= 4 is 34.8 Å². The van der Waals surface area contributed by atoms with E-state index in [1.165, 1.54) is 12.1 Å². The summed E-state index contributed by atoms with van der Waals surface area (Å²) in [4.78, 5) is 37.3. The van der Waals surface area contributed by atoms with Crippen LogP contribution in [0.25, 0.3) is 0 Å². The lowest BCUT2D eigenvalue weighted by Crippen LogP contribution is -2.28. The van der Waals surface area contributed by atoms with Gasteiger partial charge in [0.2, 0.25) is 0 Å². The van der Waals surface area contributed by atoms with E-state index in [2.05, 4.69) is 5.32 Å². The smallest absolute Gasteiger partial charge is 0.270 e. The van der Waals surface area contributed by atoms with Crippen LogP contribution in [0.3, 0.4) is 0 Å². The molecule has 1 N–H and O–H groups in total. The minimum atomic E-state index is -0.611. The van der Waals surface area contributed by atoms with Crippen LogP contribution in [0.1, 0.15) is 33.6 Å². The van der Waals surface area contributed by atoms with Gasteiger partial charge in [0, 0.05) is 25.2 Å². The highest BCUT2D eigenvalue weighted by Crippen LogP contribution is 2.25. The Hall–Kier alpha value is -2.93. The number of carbonyl (C=O) groups excluding carboxylic acids is 2. The van der Waals surface area contributed by atoms with E-state index >= 15 is 0 Å². The largest absolute Gasteiger partial charge is 0.339 e. The normalized spacial score (nSPS) is 13.5. The van der Waals surface area contributed by atoms with Gasteiger partial charge in [0.15, 0.2) is 0 Å². The topological polar surface area (TPSA) is 92.6 Å². The fourth-order valence-corrected chi connectivity index (χ4v) is 3.06. The van der Waals surface area contributed by atoms with Crippen LogP contribution in [-0.2, 0) is 0 Å². The highest BCUT2D eigenvalue weighted by atomic mass is 35.5. The summed E-state index contributed by atoms with van der Waals surface area (Å²) in [6.45, 7) is 1.38. The van der Waals surface area contributed by atoms with Crippen LogP contribution in [0, 0.1) is 10.1 Å². The molecule has 0 unspecified atom stereocenters. The number of halogens is 1. The van der Waals surface area contributed by atoms with Gasteiger partial charge in [0.1, 0.15) is 0 Å². The second kappa shape index (κ2) is 7.53. The maximum absolute atomic E-state index is 12.7. The van der Waals surface area contributed by atoms with Crippen molar-refractivity contribution in [2.24, 2.45) is 0 Å². The van der Waals surface area contributed by atoms with E-state index in [9.17, 15) is 19.7 Å². The van der Waals surface area contributed by atoms with Crippen molar-refractivity contribution in [1.29, 1.82) is 0 Å². The average molecular weight is 374 g/mol. The van der Waals surface area contributed by atoms with Crippen LogP contribution >= 0.6 is 11.6 Å². The predicted molar refractivity (Wildman–Crippen MR) is 97.6 cm³/mol. The van der Waals surface area contributed by atoms with Crippen molar-refractivity contribution in [2.45, 2.75) is 12.8 Å². The molecule has 0 aliphatic carbocycles. The van der Waals surface area contributed by atoms with E-state index in [1.54, 1.807) is 29.2 Å². The third kappa shape index (κ3) is 3.67. The molecule has 0 atom stereocenters. The van der Waals surface area contributed by atoms with Gasteiger partial charge in [-0.1, -0.05) is 23.7 Å². The van der Waals surface area contributed by atoms with Gasteiger partial charge in [-0.3, -0.25) is 19.7 Å². The molecule has 2 amide bonds. The van der Waals surface area contributed by atoms with E-state index in [4.69, 9.17) is 11.6 Å². The van der Waals surface area contributed by atoms with E-state index < -0.39 is 10.8 Å². The molecule has 0 bridgehead atoms. The molecule has 1 aliphatic rings. The third-order valence-electron chi connectivity index (χ3n) is 4.20. The fraction of sp³-hybridized carbons (Fsp3) is 0.222. The molecule has 0 spiro atoms. The van der Waals surface area contributed by atoms with Crippen LogP contribution < -0.4 is 5.32 Å². The number of hydrogen-bond acceptors (Lipinski definition) is 4. The van der Waals surface area contributed by atoms with E-state index in [1.807, 2.05) is 0 Å². The van der Waals surface area contributed by atoms with Gasteiger partial charge in [-0.05, 0) is 31.0 Å². The Morgan fingerprint density at radius 1 is 1.08 bits per heavy atom. The maximum atomic E-state index is 12.7. The number of anilines is 1. The molecule has 1 heterocycles. The average Bonchev–Trinajstić information content (AvgIpc) is 3.16. The molecular formula is C18H16ClN3O4. The first-order chi connectivity index (χ1) is 12.5. The fourth-order valence-electron chi connectivity index (χ4n) is 2.86. The minimum absolute atomic E-state index is 0.0238. The number of amides is 2. The van der Waals surface area contributed by atoms with Crippen LogP contribution in [0.5, 0.6) is 0 Å². The van der Waals surface area contributed by atoms with Gasteiger partial charge in [-0.25, -0.2) is 0 Å². The molecule has 2 aromatic carbocycles. The molecule has 3 rings (SSSR count). The van der Waals surface area contributed by atoms with E-state index in [-0.39, 0.29) is 22.2 Å². The molecule has 2 aromatic rings. The first-order valence-corrected chi connectivity index (χ1v) is 8.49. The number of nitrogens with zero attached hydrogens (tertiary/aromatic N) is 2. The lowest BCUT2D eigenvalue weighted by atomic mass is 10.1. The second-order valence-corrected chi connectivity index (χ2v) is 6.33. The van der Waals surface area contributed by atoms with Crippen LogP contribution in [-0.4, -0.2) is 34.7 Å². The zero-order valence-electron chi connectivity index (χ0n) is 13.8. The van der Waals surface area contributed by atoms with Crippen molar-refractivity contribution in [3.05, 3.63) is 68.7 Å². The van der Waals surface area contributed by atoms with Crippen LogP contribution in [0.4, 0.5) is 11.4 Å². The molecule has 0 saturated carbocycles. The van der Waals surface area contributed by atoms with Crippen molar-refractivity contribution in [2.75, 3.05) is 18.4 Å². The Bertz CT molecular complexity index is 878. The van der Waals surface area contributed by atoms with Crippen molar-refractivity contribution < 1.29 is 14.5 Å². The quantitative estimate of drug-likeness (QED) is 0.652. The Balaban J connectivity index is 1.87. The molecule has 7 nitrogen and oxygen atoms in total. The summed E-state index contributed by atoms with van der Waals surface area (Å²) in [5, 5.41) is 13.7. The number of carbonyl (C=O) groups is 2. The third-order valence-corrected chi connectivity index (χ3v) is 4.53. The second-order valence-electron chi connectivity index (χ2n) is 5.92. The van der Waals surface area contributed by atoms with Gasteiger partial charge in [-0.2, -0.15) is 0 Å². The zero-order valence-corrected chi connectivity index (χ0v) is 14.5. The summed E-state index contributed by atoms with van der Waals surface area (Å²) in [6, 6.07) is 10.3. The number of rotatable bonds is 4. The number of nitro groups is 1. The standard InChI is InChI=1S/C18H16ClN3O4/c19-15-8-7-12(22(25)26)11-14(15)17(23)20-16-6-2-1-5-13(16)18(24)21-9-3-4-10-21/h1-2,5-8,11H,3-4,9-10H2,(H,20,23). The summed E-state index contributed by atoms with van der Waals surface area (Å²) >= 11 is 6.01.